The van der Waals surface area contributed by atoms with Gasteiger partial charge in [-0.1, -0.05) is 59.1 Å². The predicted molar refractivity (Wildman–Crippen MR) is 82.5 cm³/mol. The van der Waals surface area contributed by atoms with Crippen LogP contribution in [0, 0.1) is 5.92 Å². The van der Waals surface area contributed by atoms with Crippen molar-refractivity contribution in [2.75, 3.05) is 0 Å². The van der Waals surface area contributed by atoms with Gasteiger partial charge in [-0.2, -0.15) is 5.10 Å². The van der Waals surface area contributed by atoms with Crippen molar-refractivity contribution in [3.05, 3.63) is 28.2 Å². The van der Waals surface area contributed by atoms with E-state index in [0.717, 1.165) is 25.0 Å². The van der Waals surface area contributed by atoms with Crippen LogP contribution < -0.4 is 5.56 Å². The number of halogens is 2. The molecule has 102 valence electrons. The fourth-order valence-corrected chi connectivity index (χ4v) is 3.34. The number of alkyl halides is 2. The van der Waals surface area contributed by atoms with Crippen LogP contribution in [0.1, 0.15) is 45.7 Å². The molecule has 3 nitrogen and oxygen atoms in total. The van der Waals surface area contributed by atoms with Crippen molar-refractivity contribution < 1.29 is 0 Å². The van der Waals surface area contributed by atoms with Gasteiger partial charge in [0.2, 0.25) is 0 Å². The SMILES string of the molecule is CCC(CC(Br)Br)C(C)(CC)c1ccc(=O)[nH]n1. The lowest BCUT2D eigenvalue weighted by atomic mass is 9.70. The van der Waals surface area contributed by atoms with E-state index in [2.05, 4.69) is 62.8 Å². The number of H-pyrrole nitrogens is 1. The zero-order chi connectivity index (χ0) is 13.8. The van der Waals surface area contributed by atoms with Gasteiger partial charge in [-0.15, -0.1) is 0 Å². The van der Waals surface area contributed by atoms with E-state index in [1.165, 1.54) is 0 Å². The highest BCUT2D eigenvalue weighted by atomic mass is 79.9. The molecule has 1 N–H and O–H groups in total. The van der Waals surface area contributed by atoms with E-state index in [9.17, 15) is 4.79 Å². The van der Waals surface area contributed by atoms with Gasteiger partial charge in [-0.25, -0.2) is 5.10 Å². The van der Waals surface area contributed by atoms with Crippen LogP contribution in [0.4, 0.5) is 0 Å². The molecule has 1 heterocycles. The van der Waals surface area contributed by atoms with Crippen LogP contribution in [0.5, 0.6) is 0 Å². The van der Waals surface area contributed by atoms with E-state index in [0.29, 0.717) is 9.65 Å². The molecule has 0 amide bonds. The van der Waals surface area contributed by atoms with Gasteiger partial charge in [-0.05, 0) is 24.8 Å². The molecule has 0 bridgehead atoms. The molecule has 1 aromatic heterocycles. The van der Waals surface area contributed by atoms with E-state index in [4.69, 9.17) is 0 Å². The fourth-order valence-electron chi connectivity index (χ4n) is 2.43. The summed E-state index contributed by atoms with van der Waals surface area (Å²) in [6.07, 6.45) is 3.11. The summed E-state index contributed by atoms with van der Waals surface area (Å²) >= 11 is 7.12. The van der Waals surface area contributed by atoms with Crippen molar-refractivity contribution in [2.24, 2.45) is 5.92 Å². The molecule has 0 aliphatic rings. The molecule has 2 unspecified atom stereocenters. The molecular weight excluding hydrogens is 360 g/mol. The molecule has 0 aromatic carbocycles. The van der Waals surface area contributed by atoms with Gasteiger partial charge in [0.25, 0.3) is 5.56 Å². The average Bonchev–Trinajstić information content (AvgIpc) is 2.35. The largest absolute Gasteiger partial charge is 0.268 e. The Bertz CT molecular complexity index is 413. The molecule has 5 heteroatoms. The molecule has 0 aliphatic carbocycles. The van der Waals surface area contributed by atoms with Crippen molar-refractivity contribution in [3.63, 3.8) is 0 Å². The minimum atomic E-state index is -0.149. The highest BCUT2D eigenvalue weighted by molar-refractivity contribution is 9.24. The fraction of sp³-hybridized carbons (Fsp3) is 0.692. The van der Waals surface area contributed by atoms with Gasteiger partial charge in [0.1, 0.15) is 0 Å². The van der Waals surface area contributed by atoms with Crippen LogP contribution in [-0.2, 0) is 5.41 Å². The molecule has 1 aromatic rings. The van der Waals surface area contributed by atoms with E-state index >= 15 is 0 Å². The van der Waals surface area contributed by atoms with Gasteiger partial charge in [-0.3, -0.25) is 4.79 Å². The Hall–Kier alpha value is -0.160. The molecule has 0 saturated heterocycles. The molecule has 18 heavy (non-hydrogen) atoms. The summed E-state index contributed by atoms with van der Waals surface area (Å²) in [5.74, 6) is 0.504. The van der Waals surface area contributed by atoms with E-state index < -0.39 is 0 Å². The van der Waals surface area contributed by atoms with Gasteiger partial charge >= 0.3 is 0 Å². The number of nitrogens with zero attached hydrogens (tertiary/aromatic N) is 1. The lowest BCUT2D eigenvalue weighted by molar-refractivity contribution is 0.256. The topological polar surface area (TPSA) is 45.8 Å². The molecule has 2 atom stereocenters. The Morgan fingerprint density at radius 3 is 2.44 bits per heavy atom. The van der Waals surface area contributed by atoms with Crippen LogP contribution in [0.25, 0.3) is 0 Å². The monoisotopic (exact) mass is 378 g/mol. The number of aromatic nitrogens is 2. The van der Waals surface area contributed by atoms with Gasteiger partial charge < -0.3 is 0 Å². The zero-order valence-corrected chi connectivity index (χ0v) is 14.2. The molecule has 0 radical (unpaired) electrons. The summed E-state index contributed by atoms with van der Waals surface area (Å²) in [7, 11) is 0. The highest BCUT2D eigenvalue weighted by Gasteiger charge is 2.35. The number of aromatic amines is 1. The second-order valence-corrected chi connectivity index (χ2v) is 8.25. The van der Waals surface area contributed by atoms with Crippen LogP contribution >= 0.6 is 31.9 Å². The highest BCUT2D eigenvalue weighted by Crippen LogP contribution is 2.40. The quantitative estimate of drug-likeness (QED) is 0.760. The van der Waals surface area contributed by atoms with E-state index in [1.807, 2.05) is 6.07 Å². The molecule has 0 spiro atoms. The number of nitrogens with one attached hydrogen (secondary N) is 1. The van der Waals surface area contributed by atoms with Crippen LogP contribution in [0.15, 0.2) is 16.9 Å². The smallest absolute Gasteiger partial charge is 0.264 e. The third kappa shape index (κ3) is 3.67. The summed E-state index contributed by atoms with van der Waals surface area (Å²) in [5.41, 5.74) is 0.805. The summed E-state index contributed by atoms with van der Waals surface area (Å²) in [6.45, 7) is 6.60. The van der Waals surface area contributed by atoms with Crippen molar-refractivity contribution >= 4 is 31.9 Å². The Morgan fingerprint density at radius 2 is 2.06 bits per heavy atom. The standard InChI is InChI=1S/C13H20Br2N2O/c1-4-9(8-11(14)15)13(3,5-2)10-6-7-12(18)17-16-10/h6-7,9,11H,4-5,8H2,1-3H3,(H,17,18). The van der Waals surface area contributed by atoms with E-state index in [1.54, 1.807) is 6.07 Å². The molecule has 0 aliphatic heterocycles. The zero-order valence-electron chi connectivity index (χ0n) is 11.0. The minimum Gasteiger partial charge on any atom is -0.268 e. The maximum Gasteiger partial charge on any atom is 0.264 e. The Morgan fingerprint density at radius 1 is 1.39 bits per heavy atom. The Kier molecular flexibility index (Phi) is 6.05. The first-order chi connectivity index (χ1) is 8.43. The summed E-state index contributed by atoms with van der Waals surface area (Å²) in [5, 5.41) is 6.77. The number of hydrogen-bond acceptors (Lipinski definition) is 2. The van der Waals surface area contributed by atoms with Crippen molar-refractivity contribution in [1.82, 2.24) is 10.2 Å². The van der Waals surface area contributed by atoms with Crippen LogP contribution in [-0.4, -0.2) is 13.9 Å². The predicted octanol–water partition coefficient (Wildman–Crippen LogP) is 3.97. The molecule has 0 fully saturated rings. The van der Waals surface area contributed by atoms with Gasteiger partial charge in [0.15, 0.2) is 0 Å². The lowest BCUT2D eigenvalue weighted by Gasteiger charge is -2.36. The van der Waals surface area contributed by atoms with Crippen molar-refractivity contribution in [2.45, 2.75) is 49.2 Å². The normalized spacial score (nSPS) is 16.6. The lowest BCUT2D eigenvalue weighted by Crippen LogP contribution is -2.34. The van der Waals surface area contributed by atoms with Crippen LogP contribution in [0.2, 0.25) is 0 Å². The maximum absolute atomic E-state index is 11.1. The third-order valence-electron chi connectivity index (χ3n) is 3.86. The maximum atomic E-state index is 11.1. The minimum absolute atomic E-state index is 0.0151. The second kappa shape index (κ2) is 6.85. The summed E-state index contributed by atoms with van der Waals surface area (Å²) in [4.78, 5) is 11.1. The molecule has 0 saturated carbocycles. The Labute approximate surface area is 125 Å². The first kappa shape index (κ1) is 15.9. The second-order valence-electron chi connectivity index (χ2n) is 4.81. The van der Waals surface area contributed by atoms with Gasteiger partial charge in [0, 0.05) is 11.5 Å². The van der Waals surface area contributed by atoms with Crippen molar-refractivity contribution in [3.8, 4) is 0 Å². The summed E-state index contributed by atoms with van der Waals surface area (Å²) < 4.78 is 0.309. The third-order valence-corrected chi connectivity index (χ3v) is 4.60. The first-order valence-electron chi connectivity index (χ1n) is 6.28. The number of hydrogen-bond donors (Lipinski definition) is 1. The molecule has 1 rings (SSSR count). The average molecular weight is 380 g/mol. The van der Waals surface area contributed by atoms with Crippen LogP contribution in [0.3, 0.4) is 0 Å². The van der Waals surface area contributed by atoms with Gasteiger partial charge in [0.05, 0.1) is 9.43 Å². The van der Waals surface area contributed by atoms with Crippen molar-refractivity contribution in [1.29, 1.82) is 0 Å². The van der Waals surface area contributed by atoms with E-state index in [-0.39, 0.29) is 11.0 Å². The molecular formula is C13H20Br2N2O. The summed E-state index contributed by atoms with van der Waals surface area (Å²) in [6, 6.07) is 3.41. The first-order valence-corrected chi connectivity index (χ1v) is 8.11. The number of rotatable bonds is 6. The Balaban J connectivity index is 3.09.